The Morgan fingerprint density at radius 3 is 2.53 bits per heavy atom. The van der Waals surface area contributed by atoms with Crippen molar-refractivity contribution in [2.75, 3.05) is 20.6 Å². The van der Waals surface area contributed by atoms with Crippen molar-refractivity contribution in [2.24, 2.45) is 11.8 Å². The first kappa shape index (κ1) is 30.8. The lowest BCUT2D eigenvalue weighted by molar-refractivity contribution is -0.131. The Bertz CT molecular complexity index is 1750. The number of aromatic nitrogens is 2. The summed E-state index contributed by atoms with van der Waals surface area (Å²) >= 11 is 0. The quantitative estimate of drug-likeness (QED) is 0.415. The molecule has 2 heterocycles. The molecule has 10 heteroatoms. The minimum Gasteiger partial charge on any atom is -0.345 e. The third-order valence-electron chi connectivity index (χ3n) is 10.2. The second kappa shape index (κ2) is 11.6. The van der Waals surface area contributed by atoms with E-state index >= 15 is 0 Å². The molecule has 1 saturated heterocycles. The van der Waals surface area contributed by atoms with Crippen LogP contribution in [0.1, 0.15) is 77.6 Å². The lowest BCUT2D eigenvalue weighted by Gasteiger charge is -2.38. The molecule has 1 N–H and O–H groups in total. The van der Waals surface area contributed by atoms with Crippen LogP contribution in [0.2, 0.25) is 0 Å². The van der Waals surface area contributed by atoms with E-state index in [0.717, 1.165) is 40.7 Å². The smallest absolute Gasteiger partial charge is 0.345 e. The van der Waals surface area contributed by atoms with Crippen molar-refractivity contribution in [1.82, 2.24) is 24.8 Å². The number of aryl methyl sites for hydroxylation is 4. The van der Waals surface area contributed by atoms with Crippen LogP contribution in [-0.2, 0) is 29.6 Å². The molecule has 0 radical (unpaired) electrons. The third-order valence-corrected chi connectivity index (χ3v) is 10.2. The fraction of sp³-hybridized carbons (Fsp3) is 0.514. The predicted octanol–water partition coefficient (Wildman–Crippen LogP) is 3.43. The number of likely N-dealkylation sites (tertiary alicyclic amines) is 1. The van der Waals surface area contributed by atoms with E-state index < -0.39 is 11.2 Å². The first-order valence-corrected chi connectivity index (χ1v) is 16.0. The highest BCUT2D eigenvalue weighted by molar-refractivity contribution is 5.94. The van der Waals surface area contributed by atoms with Gasteiger partial charge in [-0.3, -0.25) is 9.59 Å². The fourth-order valence-corrected chi connectivity index (χ4v) is 8.00. The number of amides is 2. The van der Waals surface area contributed by atoms with Gasteiger partial charge in [-0.1, -0.05) is 36.8 Å². The van der Waals surface area contributed by atoms with Crippen LogP contribution in [0.3, 0.4) is 0 Å². The monoisotopic (exact) mass is 610 g/mol. The van der Waals surface area contributed by atoms with Gasteiger partial charge in [-0.05, 0) is 92.7 Å². The first-order chi connectivity index (χ1) is 21.5. The van der Waals surface area contributed by atoms with E-state index in [1.165, 1.54) is 0 Å². The lowest BCUT2D eigenvalue weighted by Crippen LogP contribution is -2.47. The van der Waals surface area contributed by atoms with Crippen LogP contribution in [0.15, 0.2) is 45.7 Å². The zero-order valence-electron chi connectivity index (χ0n) is 27.0. The molecular formula is C35H42N6O4. The van der Waals surface area contributed by atoms with E-state index in [4.69, 9.17) is 4.52 Å². The van der Waals surface area contributed by atoms with Crippen LogP contribution in [0.5, 0.6) is 0 Å². The molecule has 3 aliphatic rings. The van der Waals surface area contributed by atoms with Crippen LogP contribution in [-0.4, -0.2) is 70.1 Å². The number of carbonyl (C=O) groups excluding carboxylic acids is 2. The second-order valence-corrected chi connectivity index (χ2v) is 13.3. The Kier molecular flexibility index (Phi) is 7.94. The minimum atomic E-state index is -0.912. The van der Waals surface area contributed by atoms with Gasteiger partial charge < -0.3 is 19.6 Å². The van der Waals surface area contributed by atoms with Crippen molar-refractivity contribution in [2.45, 2.75) is 83.5 Å². The van der Waals surface area contributed by atoms with Crippen molar-refractivity contribution < 1.29 is 14.1 Å². The second-order valence-electron chi connectivity index (χ2n) is 13.3. The number of fused-ring (bicyclic) bond motifs is 3. The van der Waals surface area contributed by atoms with Gasteiger partial charge in [-0.2, -0.15) is 15.0 Å². The van der Waals surface area contributed by atoms with Crippen LogP contribution in [0, 0.1) is 30.1 Å². The summed E-state index contributed by atoms with van der Waals surface area (Å²) in [7, 11) is 3.48. The van der Waals surface area contributed by atoms with Gasteiger partial charge in [0.15, 0.2) is 5.82 Å². The Labute approximate surface area is 264 Å². The summed E-state index contributed by atoms with van der Waals surface area (Å²) in [4.78, 5) is 47.2. The molecule has 1 aromatic heterocycles. The standard InChI is InChI=1S/C35H42N6O4/c1-7-40-33(38-34(44)45-40)35(17-21(3)37-19-30(42)41-26(18-36)16-27-22(4)31(27)41)28-12-8-20(2)14-23(28)9-10-24-15-25(11-13-29(24)35)32(43)39(5)6/h8,11-15,21-22,26-27,31,37H,7,9-10,16-17,19H2,1-6H3. The first-order valence-electron chi connectivity index (χ1n) is 16.0. The van der Waals surface area contributed by atoms with Crippen molar-refractivity contribution >= 4 is 11.8 Å². The van der Waals surface area contributed by atoms with Crippen molar-refractivity contribution in [3.05, 3.63) is 86.2 Å². The average molecular weight is 611 g/mol. The van der Waals surface area contributed by atoms with Crippen molar-refractivity contribution in [3.63, 3.8) is 0 Å². The maximum absolute atomic E-state index is 13.5. The summed E-state index contributed by atoms with van der Waals surface area (Å²) in [6.45, 7) is 8.69. The molecule has 6 atom stereocenters. The van der Waals surface area contributed by atoms with E-state index in [9.17, 15) is 19.6 Å². The maximum atomic E-state index is 13.5. The van der Waals surface area contributed by atoms with E-state index in [1.807, 2.05) is 32.0 Å². The summed E-state index contributed by atoms with van der Waals surface area (Å²) in [5.74, 6) is 0.564. The summed E-state index contributed by atoms with van der Waals surface area (Å²) in [5, 5.41) is 13.2. The number of hydrogen-bond donors (Lipinski definition) is 1. The minimum absolute atomic E-state index is 0.0599. The number of nitrogens with one attached hydrogen (secondary N) is 1. The molecular weight excluding hydrogens is 568 g/mol. The highest BCUT2D eigenvalue weighted by atomic mass is 16.5. The topological polar surface area (TPSA) is 124 Å². The molecule has 1 saturated carbocycles. The highest BCUT2D eigenvalue weighted by Gasteiger charge is 2.60. The zero-order valence-corrected chi connectivity index (χ0v) is 27.0. The van der Waals surface area contributed by atoms with Crippen molar-refractivity contribution in [1.29, 1.82) is 5.26 Å². The number of rotatable bonds is 8. The summed E-state index contributed by atoms with van der Waals surface area (Å²) < 4.78 is 7.18. The lowest BCUT2D eigenvalue weighted by atomic mass is 9.67. The molecule has 2 aliphatic carbocycles. The van der Waals surface area contributed by atoms with Gasteiger partial charge in [0.1, 0.15) is 6.04 Å². The Balaban J connectivity index is 1.44. The summed E-state index contributed by atoms with van der Waals surface area (Å²) in [6, 6.07) is 14.2. The summed E-state index contributed by atoms with van der Waals surface area (Å²) in [6.07, 6.45) is 2.69. The molecule has 6 rings (SSSR count). The Morgan fingerprint density at radius 1 is 1.18 bits per heavy atom. The number of carbonyl (C=O) groups is 2. The summed E-state index contributed by atoms with van der Waals surface area (Å²) in [5.41, 5.74) is 4.99. The molecule has 0 bridgehead atoms. The molecule has 6 unspecified atom stereocenters. The number of piperidine rings is 1. The molecule has 3 aromatic rings. The van der Waals surface area contributed by atoms with Gasteiger partial charge in [0.2, 0.25) is 5.91 Å². The van der Waals surface area contributed by atoms with E-state index in [-0.39, 0.29) is 36.5 Å². The van der Waals surface area contributed by atoms with E-state index in [0.29, 0.717) is 42.6 Å². The number of hydrogen-bond acceptors (Lipinski definition) is 7. The molecule has 2 aromatic carbocycles. The molecule has 45 heavy (non-hydrogen) atoms. The predicted molar refractivity (Wildman–Crippen MR) is 169 cm³/mol. The molecule has 236 valence electrons. The van der Waals surface area contributed by atoms with E-state index in [1.54, 1.807) is 28.6 Å². The zero-order chi connectivity index (χ0) is 32.2. The Morgan fingerprint density at radius 2 is 1.87 bits per heavy atom. The third kappa shape index (κ3) is 5.17. The highest BCUT2D eigenvalue weighted by Crippen LogP contribution is 2.53. The Hall–Kier alpha value is -4.23. The van der Waals surface area contributed by atoms with E-state index in [2.05, 4.69) is 48.4 Å². The molecule has 2 fully saturated rings. The fourth-order valence-electron chi connectivity index (χ4n) is 8.00. The molecule has 10 nitrogen and oxygen atoms in total. The van der Waals surface area contributed by atoms with Gasteiger partial charge >= 0.3 is 5.76 Å². The number of benzene rings is 2. The van der Waals surface area contributed by atoms with Gasteiger partial charge in [-0.25, -0.2) is 4.79 Å². The molecule has 1 aliphatic heterocycles. The van der Waals surface area contributed by atoms with Gasteiger partial charge in [0.25, 0.3) is 5.91 Å². The van der Waals surface area contributed by atoms with Gasteiger partial charge in [-0.15, -0.1) is 0 Å². The maximum Gasteiger partial charge on any atom is 0.459 e. The van der Waals surface area contributed by atoms with Crippen LogP contribution in [0.25, 0.3) is 0 Å². The SMILES string of the molecule is CCn1oc(=O)nc1C1(CC(C)NCC(=O)N2C(C#N)CC3C(C)C32)c2ccc(C)cc2CCc2cc(C(=O)N(C)C)ccc21. The number of nitriles is 1. The molecule has 0 spiro atoms. The normalized spacial score (nSPS) is 25.4. The number of nitrogens with zero attached hydrogens (tertiary/aromatic N) is 5. The molecule has 2 amide bonds. The van der Waals surface area contributed by atoms with Crippen LogP contribution < -0.4 is 11.1 Å². The largest absolute Gasteiger partial charge is 0.459 e. The van der Waals surface area contributed by atoms with Crippen LogP contribution >= 0.6 is 0 Å². The van der Waals surface area contributed by atoms with Crippen LogP contribution in [0.4, 0.5) is 0 Å². The van der Waals surface area contributed by atoms with Gasteiger partial charge in [0.05, 0.1) is 24.6 Å². The van der Waals surface area contributed by atoms with Crippen molar-refractivity contribution in [3.8, 4) is 6.07 Å². The van der Waals surface area contributed by atoms with Gasteiger partial charge in [0, 0.05) is 31.7 Å². The average Bonchev–Trinajstić information content (AvgIpc) is 3.32.